The average molecular weight is 354 g/mol. The van der Waals surface area contributed by atoms with Crippen LogP contribution >= 0.6 is 0 Å². The predicted molar refractivity (Wildman–Crippen MR) is 84.4 cm³/mol. The standard InChI is InChI=1S/C16H20F2N4O3/c1-3-25-15(23)7-20-11(2)16(24,8-22-10-19-9-21-22)13-5-4-12(17)6-14(13)18/h4-6,9-11,20,24H,3,7-8H2,1-2H3/t11-,16+/m1/s1. The van der Waals surface area contributed by atoms with Crippen molar-refractivity contribution in [2.45, 2.75) is 32.0 Å². The number of carbonyl (C=O) groups is 1. The Morgan fingerprint density at radius 3 is 2.84 bits per heavy atom. The Labute approximate surface area is 143 Å². The molecular weight excluding hydrogens is 334 g/mol. The van der Waals surface area contributed by atoms with E-state index in [0.717, 1.165) is 6.07 Å². The van der Waals surface area contributed by atoms with Crippen LogP contribution in [0.2, 0.25) is 0 Å². The first kappa shape index (κ1) is 18.9. The summed E-state index contributed by atoms with van der Waals surface area (Å²) in [5, 5.41) is 17.9. The number of benzene rings is 1. The molecule has 1 heterocycles. The largest absolute Gasteiger partial charge is 0.465 e. The summed E-state index contributed by atoms with van der Waals surface area (Å²) in [7, 11) is 0. The van der Waals surface area contributed by atoms with E-state index in [1.807, 2.05) is 0 Å². The van der Waals surface area contributed by atoms with E-state index in [9.17, 15) is 18.7 Å². The number of aliphatic hydroxyl groups is 1. The molecule has 136 valence electrons. The molecule has 0 aliphatic rings. The molecule has 0 bridgehead atoms. The minimum absolute atomic E-state index is 0.117. The number of hydrogen-bond acceptors (Lipinski definition) is 6. The van der Waals surface area contributed by atoms with Gasteiger partial charge in [-0.15, -0.1) is 0 Å². The molecule has 0 fully saturated rings. The zero-order chi connectivity index (χ0) is 18.4. The van der Waals surface area contributed by atoms with E-state index in [0.29, 0.717) is 6.07 Å². The molecule has 1 aromatic carbocycles. The average Bonchev–Trinajstić information content (AvgIpc) is 3.05. The van der Waals surface area contributed by atoms with Crippen molar-refractivity contribution in [2.24, 2.45) is 0 Å². The molecule has 0 saturated heterocycles. The molecule has 2 atom stereocenters. The second kappa shape index (κ2) is 8.13. The third-order valence-electron chi connectivity index (χ3n) is 3.84. The third kappa shape index (κ3) is 4.58. The van der Waals surface area contributed by atoms with E-state index >= 15 is 0 Å². The summed E-state index contributed by atoms with van der Waals surface area (Å²) >= 11 is 0. The normalized spacial score (nSPS) is 14.8. The van der Waals surface area contributed by atoms with Crippen LogP contribution in [0.3, 0.4) is 0 Å². The Bertz CT molecular complexity index is 711. The van der Waals surface area contributed by atoms with E-state index in [1.165, 1.54) is 23.4 Å². The fraction of sp³-hybridized carbons (Fsp3) is 0.438. The molecule has 7 nitrogen and oxygen atoms in total. The van der Waals surface area contributed by atoms with Crippen LogP contribution in [0.15, 0.2) is 30.9 Å². The van der Waals surface area contributed by atoms with Crippen molar-refractivity contribution >= 4 is 5.97 Å². The van der Waals surface area contributed by atoms with Crippen LogP contribution in [-0.2, 0) is 21.7 Å². The Balaban J connectivity index is 2.29. The molecule has 25 heavy (non-hydrogen) atoms. The first-order valence-corrected chi connectivity index (χ1v) is 7.76. The number of ether oxygens (including phenoxy) is 1. The SMILES string of the molecule is CCOC(=O)CN[C@H](C)[C@@](O)(Cn1cncn1)c1ccc(F)cc1F. The summed E-state index contributed by atoms with van der Waals surface area (Å²) < 4.78 is 33.7. The minimum atomic E-state index is -1.81. The molecule has 0 aliphatic heterocycles. The molecule has 1 aromatic heterocycles. The summed E-state index contributed by atoms with van der Waals surface area (Å²) in [6, 6.07) is 2.15. The zero-order valence-corrected chi connectivity index (χ0v) is 13.9. The molecular formula is C16H20F2N4O3. The van der Waals surface area contributed by atoms with Crippen LogP contribution in [0.25, 0.3) is 0 Å². The van der Waals surface area contributed by atoms with Crippen LogP contribution in [0.5, 0.6) is 0 Å². The van der Waals surface area contributed by atoms with Gasteiger partial charge in [-0.05, 0) is 19.9 Å². The van der Waals surface area contributed by atoms with Crippen molar-refractivity contribution in [1.29, 1.82) is 0 Å². The maximum absolute atomic E-state index is 14.3. The molecule has 2 aromatic rings. The smallest absolute Gasteiger partial charge is 0.319 e. The van der Waals surface area contributed by atoms with Gasteiger partial charge in [-0.3, -0.25) is 4.79 Å². The molecule has 0 saturated carbocycles. The number of nitrogens with one attached hydrogen (secondary N) is 1. The Hall–Kier alpha value is -2.39. The molecule has 0 unspecified atom stereocenters. The first-order valence-electron chi connectivity index (χ1n) is 7.76. The number of halogens is 2. The fourth-order valence-corrected chi connectivity index (χ4v) is 2.47. The van der Waals surface area contributed by atoms with Gasteiger partial charge >= 0.3 is 5.97 Å². The lowest BCUT2D eigenvalue weighted by atomic mass is 9.86. The van der Waals surface area contributed by atoms with Crippen molar-refractivity contribution in [1.82, 2.24) is 20.1 Å². The van der Waals surface area contributed by atoms with Gasteiger partial charge in [-0.25, -0.2) is 18.4 Å². The van der Waals surface area contributed by atoms with E-state index in [-0.39, 0.29) is 25.3 Å². The summed E-state index contributed by atoms with van der Waals surface area (Å²) in [4.78, 5) is 15.3. The molecule has 9 heteroatoms. The van der Waals surface area contributed by atoms with Crippen molar-refractivity contribution in [3.8, 4) is 0 Å². The highest BCUT2D eigenvalue weighted by atomic mass is 19.1. The predicted octanol–water partition coefficient (Wildman–Crippen LogP) is 0.985. The van der Waals surface area contributed by atoms with Crippen molar-refractivity contribution in [3.05, 3.63) is 48.1 Å². The highest BCUT2D eigenvalue weighted by molar-refractivity contribution is 5.71. The number of carbonyl (C=O) groups excluding carboxylic acids is 1. The van der Waals surface area contributed by atoms with Crippen molar-refractivity contribution < 1.29 is 23.4 Å². The van der Waals surface area contributed by atoms with Crippen LogP contribution in [-0.4, -0.2) is 45.0 Å². The lowest BCUT2D eigenvalue weighted by molar-refractivity contribution is -0.142. The maximum atomic E-state index is 14.3. The van der Waals surface area contributed by atoms with Gasteiger partial charge in [-0.2, -0.15) is 5.10 Å². The van der Waals surface area contributed by atoms with E-state index in [4.69, 9.17) is 4.74 Å². The second-order valence-electron chi connectivity index (χ2n) is 5.55. The number of nitrogens with zero attached hydrogens (tertiary/aromatic N) is 3. The summed E-state index contributed by atoms with van der Waals surface area (Å²) in [5.41, 5.74) is -1.92. The Morgan fingerprint density at radius 2 is 2.24 bits per heavy atom. The monoisotopic (exact) mass is 354 g/mol. The van der Waals surface area contributed by atoms with Crippen LogP contribution in [0.4, 0.5) is 8.78 Å². The van der Waals surface area contributed by atoms with Crippen molar-refractivity contribution in [3.63, 3.8) is 0 Å². The fourth-order valence-electron chi connectivity index (χ4n) is 2.47. The number of rotatable bonds is 8. The zero-order valence-electron chi connectivity index (χ0n) is 13.9. The van der Waals surface area contributed by atoms with Crippen LogP contribution < -0.4 is 5.32 Å². The molecule has 0 amide bonds. The van der Waals surface area contributed by atoms with Gasteiger partial charge in [0.2, 0.25) is 0 Å². The van der Waals surface area contributed by atoms with Gasteiger partial charge in [0, 0.05) is 17.7 Å². The molecule has 0 radical (unpaired) electrons. The lowest BCUT2D eigenvalue weighted by Gasteiger charge is -2.35. The van der Waals surface area contributed by atoms with Crippen LogP contribution in [0.1, 0.15) is 19.4 Å². The van der Waals surface area contributed by atoms with Gasteiger partial charge < -0.3 is 15.2 Å². The number of esters is 1. The molecule has 2 N–H and O–H groups in total. The second-order valence-corrected chi connectivity index (χ2v) is 5.55. The van der Waals surface area contributed by atoms with Gasteiger partial charge in [-0.1, -0.05) is 6.07 Å². The van der Waals surface area contributed by atoms with Crippen LogP contribution in [0, 0.1) is 11.6 Å². The Morgan fingerprint density at radius 1 is 1.48 bits per heavy atom. The molecule has 0 aliphatic carbocycles. The quantitative estimate of drug-likeness (QED) is 0.687. The summed E-state index contributed by atoms with van der Waals surface area (Å²) in [6.07, 6.45) is 2.64. The molecule has 2 rings (SSSR count). The van der Waals surface area contributed by atoms with Crippen molar-refractivity contribution in [2.75, 3.05) is 13.2 Å². The number of hydrogen-bond donors (Lipinski definition) is 2. The van der Waals surface area contributed by atoms with E-state index in [1.54, 1.807) is 13.8 Å². The number of aromatic nitrogens is 3. The lowest BCUT2D eigenvalue weighted by Crippen LogP contribution is -2.51. The van der Waals surface area contributed by atoms with E-state index < -0.39 is 29.2 Å². The Kier molecular flexibility index (Phi) is 6.16. The maximum Gasteiger partial charge on any atom is 0.319 e. The summed E-state index contributed by atoms with van der Waals surface area (Å²) in [6.45, 7) is 3.17. The van der Waals surface area contributed by atoms with Gasteiger partial charge in [0.1, 0.15) is 29.9 Å². The van der Waals surface area contributed by atoms with Gasteiger partial charge in [0.25, 0.3) is 0 Å². The first-order chi connectivity index (χ1) is 11.9. The minimum Gasteiger partial charge on any atom is -0.465 e. The highest BCUT2D eigenvalue weighted by Gasteiger charge is 2.39. The summed E-state index contributed by atoms with van der Waals surface area (Å²) in [5.74, 6) is -2.15. The van der Waals surface area contributed by atoms with Gasteiger partial charge in [0.15, 0.2) is 0 Å². The van der Waals surface area contributed by atoms with E-state index in [2.05, 4.69) is 15.4 Å². The van der Waals surface area contributed by atoms with Gasteiger partial charge in [0.05, 0.1) is 19.7 Å². The highest BCUT2D eigenvalue weighted by Crippen LogP contribution is 2.30. The topological polar surface area (TPSA) is 89.3 Å². The third-order valence-corrected chi connectivity index (χ3v) is 3.84. The molecule has 0 spiro atoms.